The summed E-state index contributed by atoms with van der Waals surface area (Å²) in [6.45, 7) is 9.65. The van der Waals surface area contributed by atoms with Gasteiger partial charge in [0.1, 0.15) is 11.9 Å². The Hall–Kier alpha value is -3.99. The van der Waals surface area contributed by atoms with Crippen molar-refractivity contribution in [1.82, 2.24) is 23.8 Å². The molecule has 4 aromatic rings. The maximum absolute atomic E-state index is 14.0. The zero-order chi connectivity index (χ0) is 30.4. The summed E-state index contributed by atoms with van der Waals surface area (Å²) in [6.07, 6.45) is 10.7. The number of aromatic nitrogens is 4. The van der Waals surface area contributed by atoms with Crippen molar-refractivity contribution in [3.05, 3.63) is 66.9 Å². The van der Waals surface area contributed by atoms with Crippen molar-refractivity contribution in [2.45, 2.75) is 75.8 Å². The van der Waals surface area contributed by atoms with Crippen molar-refractivity contribution in [3.63, 3.8) is 0 Å². The summed E-state index contributed by atoms with van der Waals surface area (Å²) < 4.78 is 35.1. The largest absolute Gasteiger partial charge is 0.444 e. The molecule has 1 aromatic carbocycles. The molecule has 1 atom stereocenters. The van der Waals surface area contributed by atoms with E-state index in [-0.39, 0.29) is 16.5 Å². The normalized spacial score (nSPS) is 19.6. The summed E-state index contributed by atoms with van der Waals surface area (Å²) in [5, 5.41) is 0.702. The summed E-state index contributed by atoms with van der Waals surface area (Å²) in [5.41, 5.74) is 2.47. The predicted molar refractivity (Wildman–Crippen MR) is 165 cm³/mol. The van der Waals surface area contributed by atoms with Gasteiger partial charge in [-0.2, -0.15) is 0 Å². The number of carbonyl (C=O) groups excluding carboxylic acids is 1. The van der Waals surface area contributed by atoms with Crippen LogP contribution in [0.4, 0.5) is 10.5 Å². The molecular weight excluding hydrogens is 564 g/mol. The van der Waals surface area contributed by atoms with Crippen LogP contribution in [0.25, 0.3) is 22.3 Å². The van der Waals surface area contributed by atoms with Crippen LogP contribution in [-0.4, -0.2) is 69.1 Å². The van der Waals surface area contributed by atoms with Crippen molar-refractivity contribution in [2.75, 3.05) is 24.5 Å². The van der Waals surface area contributed by atoms with Crippen LogP contribution >= 0.6 is 0 Å². The number of hydrogen-bond donors (Lipinski definition) is 0. The molecule has 0 N–H and O–H groups in total. The maximum Gasteiger partial charge on any atom is 0.410 e. The summed E-state index contributed by atoms with van der Waals surface area (Å²) in [7, 11) is -3.96. The minimum atomic E-state index is -3.96. The van der Waals surface area contributed by atoms with Gasteiger partial charge in [0.25, 0.3) is 10.0 Å². The van der Waals surface area contributed by atoms with Gasteiger partial charge in [-0.3, -0.25) is 0 Å². The number of rotatable bonds is 4. The number of hydrogen-bond acceptors (Lipinski definition) is 8. The fraction of sp³-hybridized carbons (Fsp3) is 0.438. The van der Waals surface area contributed by atoms with Gasteiger partial charge >= 0.3 is 6.09 Å². The number of benzene rings is 1. The lowest BCUT2D eigenvalue weighted by Gasteiger charge is -2.52. The number of fused-ring (bicyclic) bond motifs is 1. The van der Waals surface area contributed by atoms with E-state index in [0.717, 1.165) is 49.9 Å². The fourth-order valence-electron chi connectivity index (χ4n) is 6.46. The molecule has 0 radical (unpaired) electrons. The number of nitrogens with zero attached hydrogens (tertiary/aromatic N) is 6. The van der Waals surface area contributed by atoms with E-state index in [2.05, 4.69) is 19.9 Å². The van der Waals surface area contributed by atoms with Crippen molar-refractivity contribution in [3.8, 4) is 11.3 Å². The molecular formula is C32H38N6O4S. The van der Waals surface area contributed by atoms with Crippen LogP contribution in [0.15, 0.2) is 66.2 Å². The second kappa shape index (κ2) is 10.9. The van der Waals surface area contributed by atoms with E-state index in [1.807, 2.05) is 38.7 Å². The van der Waals surface area contributed by atoms with Crippen LogP contribution in [0.3, 0.4) is 0 Å². The first kappa shape index (κ1) is 29.1. The van der Waals surface area contributed by atoms with E-state index in [9.17, 15) is 13.2 Å². The molecule has 2 aliphatic heterocycles. The number of carbonyl (C=O) groups is 1. The molecule has 0 bridgehead atoms. The molecule has 43 heavy (non-hydrogen) atoms. The number of anilines is 1. The minimum Gasteiger partial charge on any atom is -0.444 e. The van der Waals surface area contributed by atoms with Crippen LogP contribution in [-0.2, 0) is 14.8 Å². The Labute approximate surface area is 252 Å². The van der Waals surface area contributed by atoms with Crippen LogP contribution in [0.1, 0.15) is 58.4 Å². The monoisotopic (exact) mass is 602 g/mol. The van der Waals surface area contributed by atoms with E-state index in [4.69, 9.17) is 4.74 Å². The zero-order valence-corrected chi connectivity index (χ0v) is 26.0. The number of piperidine rings is 2. The highest BCUT2D eigenvalue weighted by atomic mass is 32.2. The lowest BCUT2D eigenvalue weighted by atomic mass is 9.79. The molecule has 1 spiro atoms. The topological polar surface area (TPSA) is 111 Å². The molecule has 3 aromatic heterocycles. The summed E-state index contributed by atoms with van der Waals surface area (Å²) in [5.74, 6) is 0. The Kier molecular flexibility index (Phi) is 7.40. The molecule has 5 heterocycles. The number of aryl methyl sites for hydroxylation is 1. The highest BCUT2D eigenvalue weighted by molar-refractivity contribution is 7.90. The highest BCUT2D eigenvalue weighted by Gasteiger charge is 2.46. The number of ether oxygens (including phenoxy) is 1. The first-order valence-electron chi connectivity index (χ1n) is 14.8. The van der Waals surface area contributed by atoms with Crippen LogP contribution in [0, 0.1) is 6.92 Å². The molecule has 11 heteroatoms. The lowest BCUT2D eigenvalue weighted by molar-refractivity contribution is -0.0198. The smallest absolute Gasteiger partial charge is 0.410 e. The second-order valence-electron chi connectivity index (χ2n) is 12.6. The van der Waals surface area contributed by atoms with Gasteiger partial charge in [0.05, 0.1) is 27.2 Å². The van der Waals surface area contributed by atoms with E-state index < -0.39 is 15.6 Å². The van der Waals surface area contributed by atoms with E-state index in [1.54, 1.807) is 48.9 Å². The van der Waals surface area contributed by atoms with Gasteiger partial charge in [-0.05, 0) is 84.1 Å². The second-order valence-corrected chi connectivity index (χ2v) is 14.4. The third-order valence-electron chi connectivity index (χ3n) is 8.43. The summed E-state index contributed by atoms with van der Waals surface area (Å²) >= 11 is 0. The average Bonchev–Trinajstić information content (AvgIpc) is 3.38. The van der Waals surface area contributed by atoms with Crippen LogP contribution < -0.4 is 4.90 Å². The van der Waals surface area contributed by atoms with Crippen molar-refractivity contribution < 1.29 is 17.9 Å². The Balaban J connectivity index is 1.48. The fourth-order valence-corrected chi connectivity index (χ4v) is 7.78. The minimum absolute atomic E-state index is 0.184. The Morgan fingerprint density at radius 1 is 0.953 bits per heavy atom. The van der Waals surface area contributed by atoms with Crippen molar-refractivity contribution in [2.24, 2.45) is 0 Å². The average molecular weight is 603 g/mol. The lowest BCUT2D eigenvalue weighted by Crippen LogP contribution is -2.63. The molecule has 2 saturated heterocycles. The molecule has 2 fully saturated rings. The Bertz CT molecular complexity index is 1740. The van der Waals surface area contributed by atoms with Gasteiger partial charge in [0.15, 0.2) is 5.65 Å². The molecule has 226 valence electrons. The quantitative estimate of drug-likeness (QED) is 0.288. The Morgan fingerprint density at radius 2 is 1.72 bits per heavy atom. The zero-order valence-electron chi connectivity index (χ0n) is 25.2. The maximum atomic E-state index is 14.0. The number of likely N-dealkylation sites (tertiary alicyclic amines) is 1. The number of pyridine rings is 1. The van der Waals surface area contributed by atoms with Gasteiger partial charge < -0.3 is 14.5 Å². The van der Waals surface area contributed by atoms with E-state index in [0.29, 0.717) is 35.4 Å². The van der Waals surface area contributed by atoms with Crippen LogP contribution in [0.2, 0.25) is 0 Å². The van der Waals surface area contributed by atoms with E-state index in [1.165, 1.54) is 10.3 Å². The van der Waals surface area contributed by atoms with Gasteiger partial charge in [-0.15, -0.1) is 0 Å². The van der Waals surface area contributed by atoms with Crippen LogP contribution in [0.5, 0.6) is 0 Å². The van der Waals surface area contributed by atoms with Crippen molar-refractivity contribution >= 4 is 32.8 Å². The highest BCUT2D eigenvalue weighted by Crippen LogP contribution is 2.42. The molecule has 0 aliphatic carbocycles. The molecule has 0 saturated carbocycles. The SMILES string of the molecule is Cc1ccc(S(=O)(=O)n2cc(-c3ccncn3)c3c(N4CCCC5(CCCCN5C(=O)OC(C)(C)C)C4)ccnc32)cc1. The molecule has 6 rings (SSSR count). The van der Waals surface area contributed by atoms with E-state index >= 15 is 0 Å². The van der Waals surface area contributed by atoms with Crippen molar-refractivity contribution in [1.29, 1.82) is 0 Å². The molecule has 2 aliphatic rings. The standard InChI is InChI=1S/C32H38N6O4S/c1-23-8-10-24(11-9-23)43(40,41)38-20-25(26-12-16-33-22-35-26)28-27(13-17-34-29(28)38)36-18-7-15-32(21-36)14-5-6-19-37(32)30(39)42-31(2,3)4/h8-13,16-17,20,22H,5-7,14-15,18-19,21H2,1-4H3. The van der Waals surface area contributed by atoms with Gasteiger partial charge in [0, 0.05) is 43.8 Å². The third kappa shape index (κ3) is 5.46. The molecule has 1 amide bonds. The number of amides is 1. The van der Waals surface area contributed by atoms with Gasteiger partial charge in [-0.1, -0.05) is 17.7 Å². The predicted octanol–water partition coefficient (Wildman–Crippen LogP) is 5.80. The molecule has 1 unspecified atom stereocenters. The van der Waals surface area contributed by atoms with Gasteiger partial charge in [-0.25, -0.2) is 32.1 Å². The Morgan fingerprint density at radius 3 is 2.44 bits per heavy atom. The van der Waals surface area contributed by atoms with Gasteiger partial charge in [0.2, 0.25) is 0 Å². The third-order valence-corrected chi connectivity index (χ3v) is 10.1. The first-order valence-corrected chi connectivity index (χ1v) is 16.3. The molecule has 10 nitrogen and oxygen atoms in total. The summed E-state index contributed by atoms with van der Waals surface area (Å²) in [6, 6.07) is 10.5. The summed E-state index contributed by atoms with van der Waals surface area (Å²) in [4.78, 5) is 31.0. The first-order chi connectivity index (χ1) is 20.5.